The number of rotatable bonds is 10. The van der Waals surface area contributed by atoms with Gasteiger partial charge in [0.2, 0.25) is 0 Å². The van der Waals surface area contributed by atoms with Gasteiger partial charge in [-0.15, -0.1) is 0 Å². The third-order valence-electron chi connectivity index (χ3n) is 4.99. The molecular weight excluding hydrogens is 358 g/mol. The first-order valence-electron chi connectivity index (χ1n) is 10.2. The van der Waals surface area contributed by atoms with Gasteiger partial charge < -0.3 is 0 Å². The highest BCUT2D eigenvalue weighted by Crippen LogP contribution is 2.26. The van der Waals surface area contributed by atoms with Crippen LogP contribution in [0.1, 0.15) is 30.5 Å². The molecule has 146 valence electrons. The van der Waals surface area contributed by atoms with Crippen LogP contribution in [-0.2, 0) is 18.8 Å². The average molecular weight is 390 g/mol. The molecule has 0 N–H and O–H groups in total. The minimum Gasteiger partial charge on any atom is -0.294 e. The summed E-state index contributed by atoms with van der Waals surface area (Å²) in [6.45, 7) is 7.78. The lowest BCUT2D eigenvalue weighted by molar-refractivity contribution is 0.246. The summed E-state index contributed by atoms with van der Waals surface area (Å²) < 4.78 is 0. The first-order chi connectivity index (χ1) is 13.7. The van der Waals surface area contributed by atoms with Crippen molar-refractivity contribution in [2.45, 2.75) is 37.9 Å². The van der Waals surface area contributed by atoms with Gasteiger partial charge in [0.05, 0.1) is 0 Å². The van der Waals surface area contributed by atoms with Gasteiger partial charge in [0, 0.05) is 30.6 Å². The zero-order valence-corrected chi connectivity index (χ0v) is 17.8. The predicted octanol–water partition coefficient (Wildman–Crippen LogP) is 6.65. The third kappa shape index (κ3) is 6.85. The van der Waals surface area contributed by atoms with Crippen LogP contribution in [0.15, 0.2) is 91.0 Å². The van der Waals surface area contributed by atoms with Gasteiger partial charge in [-0.1, -0.05) is 105 Å². The second-order valence-corrected chi connectivity index (χ2v) is 8.95. The summed E-state index contributed by atoms with van der Waals surface area (Å²) in [7, 11) is 0. The van der Waals surface area contributed by atoms with E-state index in [4.69, 9.17) is 0 Å². The van der Waals surface area contributed by atoms with E-state index in [1.807, 2.05) is 0 Å². The van der Waals surface area contributed by atoms with E-state index < -0.39 is 0 Å². The maximum Gasteiger partial charge on any atom is 0.0237 e. The van der Waals surface area contributed by atoms with Gasteiger partial charge >= 0.3 is 0 Å². The van der Waals surface area contributed by atoms with Crippen LogP contribution in [0.3, 0.4) is 0 Å². The highest BCUT2D eigenvalue weighted by Gasteiger charge is 2.19. The third-order valence-corrected chi connectivity index (χ3v) is 6.61. The minimum atomic E-state index is 0.604. The summed E-state index contributed by atoms with van der Waals surface area (Å²) >= 11 is 2.09. The van der Waals surface area contributed by atoms with E-state index in [0.717, 1.165) is 25.4 Å². The Labute approximate surface area is 174 Å². The summed E-state index contributed by atoms with van der Waals surface area (Å²) in [4.78, 5) is 2.60. The van der Waals surface area contributed by atoms with Crippen LogP contribution in [-0.4, -0.2) is 16.7 Å². The summed E-state index contributed by atoms with van der Waals surface area (Å²) in [6.07, 6.45) is 0. The van der Waals surface area contributed by atoms with Gasteiger partial charge in [-0.3, -0.25) is 4.90 Å². The molecular formula is C26H31NS. The van der Waals surface area contributed by atoms with Crippen LogP contribution < -0.4 is 0 Å². The number of benzene rings is 3. The highest BCUT2D eigenvalue weighted by molar-refractivity contribution is 7.99. The molecule has 3 rings (SSSR count). The molecule has 0 spiro atoms. The number of hydrogen-bond acceptors (Lipinski definition) is 2. The smallest absolute Gasteiger partial charge is 0.0237 e. The topological polar surface area (TPSA) is 3.24 Å². The number of nitrogens with zero attached hydrogens (tertiary/aromatic N) is 1. The Morgan fingerprint density at radius 1 is 0.643 bits per heavy atom. The SMILES string of the molecule is CC(C)[C@@H](CN(Cc1ccccc1)Cc1ccccc1)SCc1ccccc1. The summed E-state index contributed by atoms with van der Waals surface area (Å²) in [5, 5.41) is 0.604. The van der Waals surface area contributed by atoms with E-state index in [1.54, 1.807) is 0 Å². The lowest BCUT2D eigenvalue weighted by atomic mass is 10.1. The number of hydrogen-bond donors (Lipinski definition) is 0. The minimum absolute atomic E-state index is 0.604. The van der Waals surface area contributed by atoms with Crippen molar-refractivity contribution in [1.29, 1.82) is 0 Å². The van der Waals surface area contributed by atoms with E-state index >= 15 is 0 Å². The molecule has 0 aliphatic carbocycles. The van der Waals surface area contributed by atoms with Crippen LogP contribution in [0.5, 0.6) is 0 Å². The van der Waals surface area contributed by atoms with Crippen LogP contribution in [0, 0.1) is 5.92 Å². The molecule has 1 nitrogen and oxygen atoms in total. The summed E-state index contributed by atoms with van der Waals surface area (Å²) in [5.41, 5.74) is 4.18. The molecule has 2 heteroatoms. The molecule has 0 aliphatic rings. The van der Waals surface area contributed by atoms with Gasteiger partial charge in [0.1, 0.15) is 0 Å². The average Bonchev–Trinajstić information content (AvgIpc) is 2.73. The van der Waals surface area contributed by atoms with Crippen molar-refractivity contribution in [2.75, 3.05) is 6.54 Å². The van der Waals surface area contributed by atoms with Crippen molar-refractivity contribution >= 4 is 11.8 Å². The van der Waals surface area contributed by atoms with Crippen molar-refractivity contribution in [3.63, 3.8) is 0 Å². The second kappa shape index (κ2) is 11.1. The fourth-order valence-electron chi connectivity index (χ4n) is 3.36. The second-order valence-electron chi connectivity index (χ2n) is 7.72. The highest BCUT2D eigenvalue weighted by atomic mass is 32.2. The molecule has 0 radical (unpaired) electrons. The Hall–Kier alpha value is -2.03. The first-order valence-corrected chi connectivity index (χ1v) is 11.2. The molecule has 0 saturated carbocycles. The monoisotopic (exact) mass is 389 g/mol. The molecule has 28 heavy (non-hydrogen) atoms. The van der Waals surface area contributed by atoms with E-state index in [9.17, 15) is 0 Å². The molecule has 0 saturated heterocycles. The Morgan fingerprint density at radius 2 is 1.07 bits per heavy atom. The zero-order chi connectivity index (χ0) is 19.6. The molecule has 0 aromatic heterocycles. The fourth-order valence-corrected chi connectivity index (χ4v) is 4.66. The van der Waals surface area contributed by atoms with Crippen molar-refractivity contribution in [2.24, 2.45) is 5.92 Å². The lowest BCUT2D eigenvalue weighted by Crippen LogP contribution is -2.33. The first kappa shape index (κ1) is 20.7. The van der Waals surface area contributed by atoms with E-state index in [0.29, 0.717) is 11.2 Å². The van der Waals surface area contributed by atoms with E-state index in [-0.39, 0.29) is 0 Å². The van der Waals surface area contributed by atoms with Gasteiger partial charge in [0.25, 0.3) is 0 Å². The predicted molar refractivity (Wildman–Crippen MR) is 123 cm³/mol. The Balaban J connectivity index is 1.69. The molecule has 3 aromatic carbocycles. The van der Waals surface area contributed by atoms with Gasteiger partial charge in [-0.25, -0.2) is 0 Å². The van der Waals surface area contributed by atoms with Crippen LogP contribution in [0.2, 0.25) is 0 Å². The van der Waals surface area contributed by atoms with Crippen molar-refractivity contribution in [3.05, 3.63) is 108 Å². The van der Waals surface area contributed by atoms with E-state index in [2.05, 4.69) is 122 Å². The zero-order valence-electron chi connectivity index (χ0n) is 17.0. The van der Waals surface area contributed by atoms with Gasteiger partial charge in [-0.2, -0.15) is 11.8 Å². The van der Waals surface area contributed by atoms with Crippen molar-refractivity contribution < 1.29 is 0 Å². The molecule has 0 unspecified atom stereocenters. The lowest BCUT2D eigenvalue weighted by Gasteiger charge is -2.30. The molecule has 0 amide bonds. The quantitative estimate of drug-likeness (QED) is 0.382. The maximum absolute atomic E-state index is 2.60. The molecule has 0 fully saturated rings. The van der Waals surface area contributed by atoms with Gasteiger partial charge in [0.15, 0.2) is 0 Å². The largest absolute Gasteiger partial charge is 0.294 e. The van der Waals surface area contributed by atoms with E-state index in [1.165, 1.54) is 16.7 Å². The normalized spacial score (nSPS) is 12.4. The molecule has 1 atom stereocenters. The Morgan fingerprint density at radius 3 is 1.50 bits per heavy atom. The van der Waals surface area contributed by atoms with Crippen LogP contribution >= 0.6 is 11.8 Å². The van der Waals surface area contributed by atoms with Crippen molar-refractivity contribution in [1.82, 2.24) is 4.90 Å². The molecule has 0 bridgehead atoms. The maximum atomic E-state index is 2.60. The standard InChI is InChI=1S/C26H31NS/c1-22(2)26(28-21-25-16-10-5-11-17-25)20-27(18-23-12-6-3-7-13-23)19-24-14-8-4-9-15-24/h3-17,22,26H,18-21H2,1-2H3/t26-/m1/s1. The van der Waals surface area contributed by atoms with Crippen LogP contribution in [0.4, 0.5) is 0 Å². The molecule has 3 aromatic rings. The summed E-state index contributed by atoms with van der Waals surface area (Å²) in [6, 6.07) is 32.5. The number of thioether (sulfide) groups is 1. The Kier molecular flexibility index (Phi) is 8.20. The molecule has 0 heterocycles. The fraction of sp³-hybridized carbons (Fsp3) is 0.308. The van der Waals surface area contributed by atoms with Gasteiger partial charge in [-0.05, 0) is 22.6 Å². The molecule has 0 aliphatic heterocycles. The van der Waals surface area contributed by atoms with Crippen LogP contribution in [0.25, 0.3) is 0 Å². The Bertz CT molecular complexity index is 745. The van der Waals surface area contributed by atoms with Crippen molar-refractivity contribution in [3.8, 4) is 0 Å². The summed E-state index contributed by atoms with van der Waals surface area (Å²) in [5.74, 6) is 1.72.